The van der Waals surface area contributed by atoms with Crippen LogP contribution in [0.25, 0.3) is 0 Å². The molecule has 0 atom stereocenters. The molecule has 0 radical (unpaired) electrons. The van der Waals surface area contributed by atoms with Gasteiger partial charge in [-0.3, -0.25) is 9.11 Å². The SMILES string of the molecule is O=S(=O)(O)O.[AlH3].[Cr]. The predicted octanol–water partition coefficient (Wildman–Crippen LogP) is -1.84. The fraction of sp³-hybridized carbons (Fsp3) is 0. The average molecular weight is 180 g/mol. The minimum Gasteiger partial charge on any atom is -0.264 e. The van der Waals surface area contributed by atoms with Gasteiger partial charge in [0.15, 0.2) is 17.4 Å². The first kappa shape index (κ1) is 15.7. The zero-order valence-electron chi connectivity index (χ0n) is 2.53. The summed E-state index contributed by atoms with van der Waals surface area (Å²) in [5, 5.41) is 0. The molecule has 0 aliphatic rings. The van der Waals surface area contributed by atoms with Crippen LogP contribution in [0.15, 0.2) is 0 Å². The van der Waals surface area contributed by atoms with E-state index in [1.807, 2.05) is 0 Å². The van der Waals surface area contributed by atoms with Gasteiger partial charge in [0.2, 0.25) is 0 Å². The molecule has 44 valence electrons. The summed E-state index contributed by atoms with van der Waals surface area (Å²) in [5.41, 5.74) is 0. The summed E-state index contributed by atoms with van der Waals surface area (Å²) in [5.74, 6) is 0. The quantitative estimate of drug-likeness (QED) is 0.339. The Balaban J connectivity index is -0.0000000800. The number of rotatable bonds is 0. The van der Waals surface area contributed by atoms with Crippen molar-refractivity contribution in [3.05, 3.63) is 0 Å². The van der Waals surface area contributed by atoms with E-state index >= 15 is 0 Å². The molecule has 0 rings (SSSR count). The fourth-order valence-electron chi connectivity index (χ4n) is 0. The van der Waals surface area contributed by atoms with Gasteiger partial charge >= 0.3 is 10.4 Å². The van der Waals surface area contributed by atoms with Gasteiger partial charge in [-0.2, -0.15) is 8.42 Å². The first-order valence-electron chi connectivity index (χ1n) is 0.698. The first-order valence-corrected chi connectivity index (χ1v) is 2.10. The summed E-state index contributed by atoms with van der Waals surface area (Å²) < 4.78 is 31.6. The Morgan fingerprint density at radius 3 is 1.14 bits per heavy atom. The summed E-state index contributed by atoms with van der Waals surface area (Å²) in [4.78, 5) is 0. The van der Waals surface area contributed by atoms with Gasteiger partial charge in [0.1, 0.15) is 0 Å². The van der Waals surface area contributed by atoms with Crippen molar-refractivity contribution in [3.63, 3.8) is 0 Å². The van der Waals surface area contributed by atoms with E-state index in [0.717, 1.165) is 0 Å². The molecule has 0 saturated heterocycles. The van der Waals surface area contributed by atoms with Gasteiger partial charge in [0.05, 0.1) is 0 Å². The van der Waals surface area contributed by atoms with Crippen LogP contribution in [-0.2, 0) is 27.8 Å². The zero-order valence-corrected chi connectivity index (χ0v) is 4.62. The normalized spacial score (nSPS) is 8.29. The van der Waals surface area contributed by atoms with Gasteiger partial charge in [0.25, 0.3) is 0 Å². The monoisotopic (exact) mass is 180 g/mol. The Bertz CT molecular complexity index is 94.9. The molecule has 0 aromatic rings. The Hall–Kier alpha value is 0.935. The third-order valence-corrected chi connectivity index (χ3v) is 0. The summed E-state index contributed by atoms with van der Waals surface area (Å²) in [6, 6.07) is 0. The predicted molar refractivity (Wildman–Crippen MR) is 24.1 cm³/mol. The Morgan fingerprint density at radius 1 is 1.14 bits per heavy atom. The molecule has 0 amide bonds. The fourth-order valence-corrected chi connectivity index (χ4v) is 0. The van der Waals surface area contributed by atoms with E-state index in [9.17, 15) is 0 Å². The van der Waals surface area contributed by atoms with Gasteiger partial charge in [-0.1, -0.05) is 0 Å². The van der Waals surface area contributed by atoms with Crippen molar-refractivity contribution in [2.75, 3.05) is 0 Å². The molecule has 7 heteroatoms. The van der Waals surface area contributed by atoms with E-state index < -0.39 is 10.4 Å². The molecular weight excluding hydrogens is 175 g/mol. The zero-order chi connectivity index (χ0) is 4.50. The van der Waals surface area contributed by atoms with Gasteiger partial charge in [0, 0.05) is 17.4 Å². The van der Waals surface area contributed by atoms with Crippen molar-refractivity contribution >= 4 is 27.8 Å². The summed E-state index contributed by atoms with van der Waals surface area (Å²) in [6.07, 6.45) is 0. The smallest absolute Gasteiger partial charge is 0.264 e. The second-order valence-electron chi connectivity index (χ2n) is 0.448. The van der Waals surface area contributed by atoms with Crippen molar-refractivity contribution in [1.29, 1.82) is 0 Å². The van der Waals surface area contributed by atoms with E-state index in [1.165, 1.54) is 0 Å². The molecule has 0 aliphatic heterocycles. The topological polar surface area (TPSA) is 74.6 Å². The minimum atomic E-state index is -4.67. The Morgan fingerprint density at radius 2 is 1.14 bits per heavy atom. The molecule has 0 aromatic heterocycles. The van der Waals surface area contributed by atoms with Crippen LogP contribution >= 0.6 is 0 Å². The standard InChI is InChI=1S/Al.Cr.H2O4S.3H/c;;1-5(2,3)4;;;/h;;(H2,1,2,3,4);;;. The van der Waals surface area contributed by atoms with Gasteiger partial charge in [-0.25, -0.2) is 0 Å². The van der Waals surface area contributed by atoms with Crippen LogP contribution in [0, 0.1) is 0 Å². The maximum absolute atomic E-state index is 8.74. The molecule has 0 bridgehead atoms. The van der Waals surface area contributed by atoms with Crippen molar-refractivity contribution < 1.29 is 34.9 Å². The van der Waals surface area contributed by atoms with Gasteiger partial charge in [-0.15, -0.1) is 0 Å². The second-order valence-corrected chi connectivity index (χ2v) is 1.34. The van der Waals surface area contributed by atoms with E-state index in [-0.39, 0.29) is 34.7 Å². The van der Waals surface area contributed by atoms with E-state index in [2.05, 4.69) is 0 Å². The van der Waals surface area contributed by atoms with Crippen LogP contribution in [0.1, 0.15) is 0 Å². The van der Waals surface area contributed by atoms with Crippen LogP contribution in [0.4, 0.5) is 0 Å². The maximum atomic E-state index is 8.74. The minimum absolute atomic E-state index is 0. The van der Waals surface area contributed by atoms with Crippen LogP contribution in [0.2, 0.25) is 0 Å². The summed E-state index contributed by atoms with van der Waals surface area (Å²) >= 11 is 0. The molecule has 0 aliphatic carbocycles. The van der Waals surface area contributed by atoms with Crippen molar-refractivity contribution in [2.24, 2.45) is 0 Å². The van der Waals surface area contributed by atoms with Crippen LogP contribution in [-0.4, -0.2) is 34.9 Å². The Kier molecular flexibility index (Phi) is 11.4. The molecule has 2 N–H and O–H groups in total. The van der Waals surface area contributed by atoms with E-state index in [4.69, 9.17) is 17.5 Å². The molecule has 7 heavy (non-hydrogen) atoms. The van der Waals surface area contributed by atoms with Crippen LogP contribution in [0.3, 0.4) is 0 Å². The second kappa shape index (κ2) is 5.08. The van der Waals surface area contributed by atoms with E-state index in [0.29, 0.717) is 0 Å². The summed E-state index contributed by atoms with van der Waals surface area (Å²) in [6.45, 7) is 0. The maximum Gasteiger partial charge on any atom is 0.394 e. The molecular formula is H5AlCrO4S. The van der Waals surface area contributed by atoms with Gasteiger partial charge < -0.3 is 0 Å². The molecule has 0 heterocycles. The first-order chi connectivity index (χ1) is 2.00. The van der Waals surface area contributed by atoms with Crippen molar-refractivity contribution in [2.45, 2.75) is 0 Å². The van der Waals surface area contributed by atoms with Crippen LogP contribution < -0.4 is 0 Å². The molecule has 0 fully saturated rings. The average Bonchev–Trinajstić information content (AvgIpc) is 0.722. The molecule has 0 saturated carbocycles. The summed E-state index contributed by atoms with van der Waals surface area (Å²) in [7, 11) is -4.67. The van der Waals surface area contributed by atoms with Crippen LogP contribution in [0.5, 0.6) is 0 Å². The molecule has 0 spiro atoms. The molecule has 0 aromatic carbocycles. The molecule has 0 unspecified atom stereocenters. The van der Waals surface area contributed by atoms with Crippen molar-refractivity contribution in [1.82, 2.24) is 0 Å². The number of hydrogen-bond acceptors (Lipinski definition) is 2. The Labute approximate surface area is 62.8 Å². The van der Waals surface area contributed by atoms with Gasteiger partial charge in [-0.05, 0) is 0 Å². The van der Waals surface area contributed by atoms with E-state index in [1.54, 1.807) is 0 Å². The number of hydrogen-bond donors (Lipinski definition) is 2. The van der Waals surface area contributed by atoms with Crippen molar-refractivity contribution in [3.8, 4) is 0 Å². The third kappa shape index (κ3) is 193. The third-order valence-electron chi connectivity index (χ3n) is 0. The largest absolute Gasteiger partial charge is 0.394 e. The molecule has 4 nitrogen and oxygen atoms in total.